The monoisotopic (exact) mass is 310 g/mol. The number of carbonyl (C=O) groups excluding carboxylic acids is 1. The summed E-state index contributed by atoms with van der Waals surface area (Å²) < 4.78 is 36.9. The van der Waals surface area contributed by atoms with Gasteiger partial charge in [-0.15, -0.1) is 0 Å². The fourth-order valence-corrected chi connectivity index (χ4v) is 2.50. The maximum atomic E-state index is 12.3. The Bertz CT molecular complexity index is 343. The summed E-state index contributed by atoms with van der Waals surface area (Å²) >= 11 is 0. The van der Waals surface area contributed by atoms with Gasteiger partial charge in [0.2, 0.25) is 5.91 Å². The van der Waals surface area contributed by atoms with Crippen LogP contribution in [0.2, 0.25) is 0 Å². The van der Waals surface area contributed by atoms with Gasteiger partial charge in [0.15, 0.2) is 0 Å². The van der Waals surface area contributed by atoms with Crippen LogP contribution in [-0.4, -0.2) is 73.2 Å². The summed E-state index contributed by atoms with van der Waals surface area (Å²) in [6, 6.07) is 0. The quantitative estimate of drug-likeness (QED) is 0.715. The molecule has 1 aliphatic heterocycles. The van der Waals surface area contributed by atoms with Crippen LogP contribution in [0.4, 0.5) is 13.2 Å². The van der Waals surface area contributed by atoms with Crippen LogP contribution in [0.15, 0.2) is 0 Å². The molecule has 1 unspecified atom stereocenters. The van der Waals surface area contributed by atoms with Gasteiger partial charge >= 0.3 is 6.18 Å². The van der Waals surface area contributed by atoms with Crippen LogP contribution in [0, 0.1) is 0 Å². The van der Waals surface area contributed by atoms with Gasteiger partial charge in [-0.25, -0.2) is 0 Å². The maximum Gasteiger partial charge on any atom is 0.401 e. The summed E-state index contributed by atoms with van der Waals surface area (Å²) in [5, 5.41) is 3.08. The van der Waals surface area contributed by atoms with Crippen LogP contribution in [0.5, 0.6) is 0 Å². The van der Waals surface area contributed by atoms with Gasteiger partial charge in [-0.3, -0.25) is 9.69 Å². The second-order valence-corrected chi connectivity index (χ2v) is 5.71. The largest absolute Gasteiger partial charge is 0.401 e. The van der Waals surface area contributed by atoms with Crippen molar-refractivity contribution in [1.82, 2.24) is 15.1 Å². The molecule has 8 heteroatoms. The van der Waals surface area contributed by atoms with E-state index in [4.69, 9.17) is 5.73 Å². The third kappa shape index (κ3) is 6.19. The molecule has 1 atom stereocenters. The van der Waals surface area contributed by atoms with E-state index >= 15 is 0 Å². The van der Waals surface area contributed by atoms with Crippen molar-refractivity contribution in [3.05, 3.63) is 0 Å². The minimum absolute atomic E-state index is 0.397. The molecule has 0 aromatic heterocycles. The van der Waals surface area contributed by atoms with Crippen molar-refractivity contribution in [2.45, 2.75) is 32.0 Å². The van der Waals surface area contributed by atoms with Crippen LogP contribution < -0.4 is 11.1 Å². The van der Waals surface area contributed by atoms with Crippen molar-refractivity contribution in [2.75, 3.05) is 45.8 Å². The number of halogens is 3. The van der Waals surface area contributed by atoms with Crippen LogP contribution in [0.3, 0.4) is 0 Å². The Hall–Kier alpha value is -0.860. The molecule has 0 aromatic carbocycles. The second-order valence-electron chi connectivity index (χ2n) is 5.71. The molecule has 1 aliphatic rings. The molecule has 0 bridgehead atoms. The number of nitrogens with two attached hydrogens (primary N) is 1. The Balaban J connectivity index is 2.37. The normalized spacial score (nSPS) is 21.2. The Morgan fingerprint density at radius 2 is 1.71 bits per heavy atom. The van der Waals surface area contributed by atoms with Gasteiger partial charge in [0.25, 0.3) is 0 Å². The highest BCUT2D eigenvalue weighted by molar-refractivity contribution is 5.84. The van der Waals surface area contributed by atoms with Crippen molar-refractivity contribution < 1.29 is 18.0 Å². The van der Waals surface area contributed by atoms with E-state index in [-0.39, 0.29) is 0 Å². The standard InChI is InChI=1S/C13H25F3N4O/c1-3-18-12(2,11(17)21)4-5-19-6-8-20(9-7-19)10-13(14,15)16/h18H,3-10H2,1-2H3,(H2,17,21). The summed E-state index contributed by atoms with van der Waals surface area (Å²) in [5.41, 5.74) is 4.64. The van der Waals surface area contributed by atoms with Crippen LogP contribution in [0.1, 0.15) is 20.3 Å². The smallest absolute Gasteiger partial charge is 0.368 e. The highest BCUT2D eigenvalue weighted by Gasteiger charge is 2.33. The number of rotatable bonds is 7. The van der Waals surface area contributed by atoms with Crippen molar-refractivity contribution >= 4 is 5.91 Å². The van der Waals surface area contributed by atoms with Gasteiger partial charge in [0.05, 0.1) is 12.1 Å². The van der Waals surface area contributed by atoms with Crippen molar-refractivity contribution in [1.29, 1.82) is 0 Å². The average Bonchev–Trinajstić information content (AvgIpc) is 2.36. The highest BCUT2D eigenvalue weighted by atomic mass is 19.4. The summed E-state index contributed by atoms with van der Waals surface area (Å²) in [7, 11) is 0. The van der Waals surface area contributed by atoms with Crippen molar-refractivity contribution in [2.24, 2.45) is 5.73 Å². The lowest BCUT2D eigenvalue weighted by Gasteiger charge is -2.37. The number of nitrogens with zero attached hydrogens (tertiary/aromatic N) is 2. The number of primary amides is 1. The van der Waals surface area contributed by atoms with E-state index < -0.39 is 24.2 Å². The Morgan fingerprint density at radius 3 is 2.14 bits per heavy atom. The number of hydrogen-bond donors (Lipinski definition) is 2. The molecule has 21 heavy (non-hydrogen) atoms. The zero-order valence-electron chi connectivity index (χ0n) is 12.7. The lowest BCUT2D eigenvalue weighted by Crippen LogP contribution is -2.56. The van der Waals surface area contributed by atoms with Gasteiger partial charge in [0.1, 0.15) is 0 Å². The molecule has 1 rings (SSSR count). The Morgan fingerprint density at radius 1 is 1.19 bits per heavy atom. The number of alkyl halides is 3. The predicted octanol–water partition coefficient (Wildman–Crippen LogP) is 0.410. The fourth-order valence-electron chi connectivity index (χ4n) is 2.50. The number of nitrogens with one attached hydrogen (secondary N) is 1. The van der Waals surface area contributed by atoms with E-state index in [0.29, 0.717) is 45.7 Å². The number of amides is 1. The molecule has 1 heterocycles. The zero-order chi connectivity index (χ0) is 16.1. The molecule has 1 fully saturated rings. The van der Waals surface area contributed by atoms with Gasteiger partial charge in [-0.2, -0.15) is 13.2 Å². The Labute approximate surface area is 123 Å². The first-order valence-corrected chi connectivity index (χ1v) is 7.22. The van der Waals surface area contributed by atoms with E-state index in [1.54, 1.807) is 6.92 Å². The lowest BCUT2D eigenvalue weighted by molar-refractivity contribution is -0.149. The second kappa shape index (κ2) is 7.42. The van der Waals surface area contributed by atoms with Gasteiger partial charge in [-0.1, -0.05) is 6.92 Å². The molecule has 0 spiro atoms. The minimum Gasteiger partial charge on any atom is -0.368 e. The third-order valence-corrected chi connectivity index (χ3v) is 3.91. The van der Waals surface area contributed by atoms with Crippen LogP contribution >= 0.6 is 0 Å². The fraction of sp³-hybridized carbons (Fsp3) is 0.923. The first-order chi connectivity index (χ1) is 9.66. The van der Waals surface area contributed by atoms with Crippen LogP contribution in [-0.2, 0) is 4.79 Å². The molecule has 0 saturated carbocycles. The number of likely N-dealkylation sites (N-methyl/N-ethyl adjacent to an activating group) is 1. The molecule has 0 aromatic rings. The Kier molecular flexibility index (Phi) is 6.42. The molecule has 124 valence electrons. The molecule has 1 amide bonds. The van der Waals surface area contributed by atoms with E-state index in [2.05, 4.69) is 10.2 Å². The van der Waals surface area contributed by atoms with E-state index in [1.807, 2.05) is 6.92 Å². The topological polar surface area (TPSA) is 61.6 Å². The highest BCUT2D eigenvalue weighted by Crippen LogP contribution is 2.18. The molecule has 3 N–H and O–H groups in total. The van der Waals surface area contributed by atoms with E-state index in [0.717, 1.165) is 0 Å². The molecule has 0 radical (unpaired) electrons. The van der Waals surface area contributed by atoms with E-state index in [1.165, 1.54) is 4.90 Å². The molecular weight excluding hydrogens is 285 g/mol. The molecule has 5 nitrogen and oxygen atoms in total. The van der Waals surface area contributed by atoms with Gasteiger partial charge < -0.3 is 16.0 Å². The third-order valence-electron chi connectivity index (χ3n) is 3.91. The summed E-state index contributed by atoms with van der Waals surface area (Å²) in [6.07, 6.45) is -3.59. The first kappa shape index (κ1) is 18.2. The summed E-state index contributed by atoms with van der Waals surface area (Å²) in [6.45, 7) is 6.05. The molecular formula is C13H25F3N4O. The zero-order valence-corrected chi connectivity index (χ0v) is 12.7. The number of carbonyl (C=O) groups is 1. The van der Waals surface area contributed by atoms with Crippen molar-refractivity contribution in [3.63, 3.8) is 0 Å². The minimum atomic E-state index is -4.14. The van der Waals surface area contributed by atoms with E-state index in [9.17, 15) is 18.0 Å². The first-order valence-electron chi connectivity index (χ1n) is 7.22. The SMILES string of the molecule is CCNC(C)(CCN1CCN(CC(F)(F)F)CC1)C(N)=O. The van der Waals surface area contributed by atoms with Gasteiger partial charge in [0, 0.05) is 32.7 Å². The predicted molar refractivity (Wildman–Crippen MR) is 74.8 cm³/mol. The number of hydrogen-bond acceptors (Lipinski definition) is 4. The number of piperazine rings is 1. The molecule has 0 aliphatic carbocycles. The van der Waals surface area contributed by atoms with Crippen molar-refractivity contribution in [3.8, 4) is 0 Å². The average molecular weight is 310 g/mol. The lowest BCUT2D eigenvalue weighted by atomic mass is 9.96. The van der Waals surface area contributed by atoms with Crippen LogP contribution in [0.25, 0.3) is 0 Å². The molecule has 1 saturated heterocycles. The maximum absolute atomic E-state index is 12.3. The van der Waals surface area contributed by atoms with Gasteiger partial charge in [-0.05, 0) is 19.9 Å². The summed E-state index contributed by atoms with van der Waals surface area (Å²) in [4.78, 5) is 15.0. The summed E-state index contributed by atoms with van der Waals surface area (Å²) in [5.74, 6) is -0.403.